The van der Waals surface area contributed by atoms with Gasteiger partial charge in [-0.1, -0.05) is 25.3 Å². The van der Waals surface area contributed by atoms with Gasteiger partial charge in [0.25, 0.3) is 0 Å². The lowest BCUT2D eigenvalue weighted by molar-refractivity contribution is 0.144. The first-order valence-corrected chi connectivity index (χ1v) is 6.62. The monoisotopic (exact) mass is 284 g/mol. The molecule has 3 nitrogen and oxygen atoms in total. The van der Waals surface area contributed by atoms with E-state index in [1.165, 1.54) is 12.8 Å². The molecule has 1 aromatic rings. The molecule has 0 aromatic carbocycles. The van der Waals surface area contributed by atoms with Crippen molar-refractivity contribution in [1.82, 2.24) is 4.98 Å². The summed E-state index contributed by atoms with van der Waals surface area (Å²) in [4.78, 5) is 4.33. The molecular weight excluding hydrogens is 268 g/mol. The number of pyridine rings is 1. The molecule has 16 heavy (non-hydrogen) atoms. The average Bonchev–Trinajstić information content (AvgIpc) is 2.45. The van der Waals surface area contributed by atoms with Crippen molar-refractivity contribution in [3.8, 4) is 0 Å². The molecule has 1 aliphatic carbocycles. The van der Waals surface area contributed by atoms with Crippen LogP contribution in [0.1, 0.15) is 32.1 Å². The van der Waals surface area contributed by atoms with Crippen LogP contribution >= 0.6 is 15.9 Å². The van der Waals surface area contributed by atoms with Crippen LogP contribution in [0, 0.1) is 0 Å². The van der Waals surface area contributed by atoms with Gasteiger partial charge in [-0.05, 0) is 40.9 Å². The van der Waals surface area contributed by atoms with Crippen LogP contribution in [0.15, 0.2) is 22.8 Å². The normalized spacial score (nSPS) is 26.1. The maximum absolute atomic E-state index is 9.98. The molecule has 0 bridgehead atoms. The maximum Gasteiger partial charge on any atom is 0.127 e. The number of rotatable bonds is 2. The summed E-state index contributed by atoms with van der Waals surface area (Å²) < 4.78 is 0.820. The van der Waals surface area contributed by atoms with Crippen LogP contribution in [0.2, 0.25) is 0 Å². The Balaban J connectivity index is 2.02. The Morgan fingerprint density at radius 1 is 1.25 bits per heavy atom. The SMILES string of the molecule is OC1CCCCCC1Nc1cccc(Br)n1. The Labute approximate surface area is 104 Å². The van der Waals surface area contributed by atoms with Gasteiger partial charge in [0, 0.05) is 0 Å². The highest BCUT2D eigenvalue weighted by atomic mass is 79.9. The number of hydrogen-bond donors (Lipinski definition) is 2. The molecule has 0 radical (unpaired) electrons. The zero-order valence-electron chi connectivity index (χ0n) is 9.19. The van der Waals surface area contributed by atoms with Gasteiger partial charge >= 0.3 is 0 Å². The van der Waals surface area contributed by atoms with E-state index in [0.29, 0.717) is 0 Å². The number of aliphatic hydroxyl groups is 1. The predicted octanol–water partition coefficient (Wildman–Crippen LogP) is 2.95. The van der Waals surface area contributed by atoms with Crippen LogP contribution in [0.5, 0.6) is 0 Å². The van der Waals surface area contributed by atoms with E-state index >= 15 is 0 Å². The summed E-state index contributed by atoms with van der Waals surface area (Å²) >= 11 is 3.34. The summed E-state index contributed by atoms with van der Waals surface area (Å²) in [5.74, 6) is 0.834. The highest BCUT2D eigenvalue weighted by Gasteiger charge is 2.21. The number of hydrogen-bond acceptors (Lipinski definition) is 3. The topological polar surface area (TPSA) is 45.1 Å². The van der Waals surface area contributed by atoms with Gasteiger partial charge in [-0.15, -0.1) is 0 Å². The fourth-order valence-electron chi connectivity index (χ4n) is 2.14. The molecule has 2 N–H and O–H groups in total. The molecule has 4 heteroatoms. The molecule has 1 aliphatic rings. The molecule has 2 rings (SSSR count). The molecule has 2 atom stereocenters. The largest absolute Gasteiger partial charge is 0.391 e. The van der Waals surface area contributed by atoms with Crippen LogP contribution in [-0.2, 0) is 0 Å². The smallest absolute Gasteiger partial charge is 0.127 e. The van der Waals surface area contributed by atoms with Gasteiger partial charge in [0.1, 0.15) is 10.4 Å². The van der Waals surface area contributed by atoms with E-state index in [4.69, 9.17) is 0 Å². The first-order chi connectivity index (χ1) is 7.75. The Morgan fingerprint density at radius 3 is 2.88 bits per heavy atom. The number of aliphatic hydroxyl groups excluding tert-OH is 1. The van der Waals surface area contributed by atoms with Gasteiger partial charge in [-0.2, -0.15) is 0 Å². The second-order valence-electron chi connectivity index (χ2n) is 4.30. The Bertz CT molecular complexity index is 346. The molecule has 1 saturated carbocycles. The van der Waals surface area contributed by atoms with Crippen molar-refractivity contribution in [1.29, 1.82) is 0 Å². The zero-order chi connectivity index (χ0) is 11.4. The van der Waals surface area contributed by atoms with Crippen molar-refractivity contribution in [2.24, 2.45) is 0 Å². The highest BCUT2D eigenvalue weighted by Crippen LogP contribution is 2.21. The van der Waals surface area contributed by atoms with Crippen LogP contribution in [-0.4, -0.2) is 22.2 Å². The van der Waals surface area contributed by atoms with Crippen molar-refractivity contribution in [3.63, 3.8) is 0 Å². The molecule has 1 aromatic heterocycles. The number of aromatic nitrogens is 1. The summed E-state index contributed by atoms with van der Waals surface area (Å²) in [6, 6.07) is 5.92. The third-order valence-corrected chi connectivity index (χ3v) is 3.47. The van der Waals surface area contributed by atoms with Gasteiger partial charge in [-0.3, -0.25) is 0 Å². The average molecular weight is 285 g/mol. The lowest BCUT2D eigenvalue weighted by atomic mass is 10.1. The quantitative estimate of drug-likeness (QED) is 0.648. The van der Waals surface area contributed by atoms with Gasteiger partial charge in [0.05, 0.1) is 12.1 Å². The first-order valence-electron chi connectivity index (χ1n) is 5.83. The molecule has 1 heterocycles. The van der Waals surface area contributed by atoms with Gasteiger partial charge in [0.15, 0.2) is 0 Å². The zero-order valence-corrected chi connectivity index (χ0v) is 10.8. The third kappa shape index (κ3) is 3.19. The highest BCUT2D eigenvalue weighted by molar-refractivity contribution is 9.10. The minimum absolute atomic E-state index is 0.143. The fraction of sp³-hybridized carbons (Fsp3) is 0.583. The molecule has 0 aliphatic heterocycles. The maximum atomic E-state index is 9.98. The molecule has 0 spiro atoms. The molecular formula is C12H17BrN2O. The second kappa shape index (κ2) is 5.64. The van der Waals surface area contributed by atoms with Crippen LogP contribution < -0.4 is 5.32 Å². The summed E-state index contributed by atoms with van der Waals surface area (Å²) in [6.07, 6.45) is 5.21. The van der Waals surface area contributed by atoms with Crippen molar-refractivity contribution < 1.29 is 5.11 Å². The van der Waals surface area contributed by atoms with Crippen molar-refractivity contribution in [3.05, 3.63) is 22.8 Å². The summed E-state index contributed by atoms with van der Waals surface area (Å²) in [6.45, 7) is 0. The molecule has 2 unspecified atom stereocenters. The lowest BCUT2D eigenvalue weighted by Gasteiger charge is -2.22. The number of anilines is 1. The Morgan fingerprint density at radius 2 is 2.06 bits per heavy atom. The van der Waals surface area contributed by atoms with Gasteiger partial charge in [0.2, 0.25) is 0 Å². The van der Waals surface area contributed by atoms with Crippen LogP contribution in [0.3, 0.4) is 0 Å². The minimum atomic E-state index is -0.247. The van der Waals surface area contributed by atoms with Crippen molar-refractivity contribution >= 4 is 21.7 Å². The second-order valence-corrected chi connectivity index (χ2v) is 5.11. The van der Waals surface area contributed by atoms with E-state index in [0.717, 1.165) is 29.7 Å². The number of nitrogens with zero attached hydrogens (tertiary/aromatic N) is 1. The third-order valence-electron chi connectivity index (χ3n) is 3.03. The Kier molecular flexibility index (Phi) is 4.18. The molecule has 88 valence electrons. The summed E-state index contributed by atoms with van der Waals surface area (Å²) in [5.41, 5.74) is 0. The van der Waals surface area contributed by atoms with E-state index in [-0.39, 0.29) is 12.1 Å². The molecule has 1 fully saturated rings. The lowest BCUT2D eigenvalue weighted by Crippen LogP contribution is -2.32. The molecule has 0 amide bonds. The fourth-order valence-corrected chi connectivity index (χ4v) is 2.48. The van der Waals surface area contributed by atoms with Gasteiger partial charge in [-0.25, -0.2) is 4.98 Å². The van der Waals surface area contributed by atoms with Crippen LogP contribution in [0.25, 0.3) is 0 Å². The standard InChI is InChI=1S/C12H17BrN2O/c13-11-7-4-8-12(15-11)14-9-5-2-1-3-6-10(9)16/h4,7-10,16H,1-3,5-6H2,(H,14,15). The first kappa shape index (κ1) is 11.9. The van der Waals surface area contributed by atoms with Gasteiger partial charge < -0.3 is 10.4 Å². The predicted molar refractivity (Wildman–Crippen MR) is 68.4 cm³/mol. The van der Waals surface area contributed by atoms with E-state index in [2.05, 4.69) is 26.2 Å². The van der Waals surface area contributed by atoms with E-state index < -0.39 is 0 Å². The minimum Gasteiger partial charge on any atom is -0.391 e. The van der Waals surface area contributed by atoms with Crippen molar-refractivity contribution in [2.45, 2.75) is 44.2 Å². The number of nitrogens with one attached hydrogen (secondary N) is 1. The van der Waals surface area contributed by atoms with E-state index in [1.54, 1.807) is 0 Å². The van der Waals surface area contributed by atoms with Crippen molar-refractivity contribution in [2.75, 3.05) is 5.32 Å². The summed E-state index contributed by atoms with van der Waals surface area (Å²) in [7, 11) is 0. The van der Waals surface area contributed by atoms with E-state index in [9.17, 15) is 5.11 Å². The van der Waals surface area contributed by atoms with E-state index in [1.807, 2.05) is 18.2 Å². The summed E-state index contributed by atoms with van der Waals surface area (Å²) in [5, 5.41) is 13.3. The van der Waals surface area contributed by atoms with Crippen LogP contribution in [0.4, 0.5) is 5.82 Å². The Hall–Kier alpha value is -0.610. The molecule has 0 saturated heterocycles. The number of halogens is 1.